The van der Waals surface area contributed by atoms with E-state index in [9.17, 15) is 9.50 Å². The summed E-state index contributed by atoms with van der Waals surface area (Å²) >= 11 is 0. The lowest BCUT2D eigenvalue weighted by atomic mass is 10.2. The first-order valence-corrected chi connectivity index (χ1v) is 5.25. The van der Waals surface area contributed by atoms with Gasteiger partial charge in [0.15, 0.2) is 0 Å². The van der Waals surface area contributed by atoms with Crippen LogP contribution in [0.5, 0.6) is 5.75 Å². The van der Waals surface area contributed by atoms with Gasteiger partial charge in [0.1, 0.15) is 11.6 Å². The number of aliphatic imine (C=N–C) groups is 1. The van der Waals surface area contributed by atoms with Crippen molar-refractivity contribution in [1.29, 1.82) is 0 Å². The molecule has 1 N–H and O–H groups in total. The number of nitrogens with zero attached hydrogens (tertiary/aromatic N) is 1. The predicted octanol–water partition coefficient (Wildman–Crippen LogP) is 3.59. The summed E-state index contributed by atoms with van der Waals surface area (Å²) in [6.45, 7) is 1.67. The van der Waals surface area contributed by atoms with E-state index in [0.29, 0.717) is 16.8 Å². The first-order valence-electron chi connectivity index (χ1n) is 5.25. The van der Waals surface area contributed by atoms with E-state index in [1.54, 1.807) is 43.3 Å². The lowest BCUT2D eigenvalue weighted by molar-refractivity contribution is 0.474. The third-order valence-corrected chi connectivity index (χ3v) is 2.52. The number of hydrogen-bond acceptors (Lipinski definition) is 2. The van der Waals surface area contributed by atoms with Crippen LogP contribution in [0.1, 0.15) is 11.1 Å². The monoisotopic (exact) mass is 229 g/mol. The van der Waals surface area contributed by atoms with E-state index < -0.39 is 0 Å². The molecule has 0 aliphatic rings. The molecule has 0 aliphatic heterocycles. The minimum atomic E-state index is -0.281. The molecule has 2 aromatic rings. The van der Waals surface area contributed by atoms with Gasteiger partial charge in [-0.05, 0) is 31.2 Å². The molecule has 0 bridgehead atoms. The van der Waals surface area contributed by atoms with E-state index in [1.165, 1.54) is 12.3 Å². The highest BCUT2D eigenvalue weighted by molar-refractivity contribution is 5.85. The molecule has 0 unspecified atom stereocenters. The van der Waals surface area contributed by atoms with Crippen molar-refractivity contribution in [3.63, 3.8) is 0 Å². The molecule has 0 heterocycles. The molecule has 0 aliphatic carbocycles. The van der Waals surface area contributed by atoms with Gasteiger partial charge in [0.25, 0.3) is 0 Å². The second kappa shape index (κ2) is 4.78. The summed E-state index contributed by atoms with van der Waals surface area (Å²) in [5.41, 5.74) is 1.67. The zero-order valence-electron chi connectivity index (χ0n) is 9.39. The van der Waals surface area contributed by atoms with Gasteiger partial charge < -0.3 is 5.11 Å². The predicted molar refractivity (Wildman–Crippen MR) is 66.5 cm³/mol. The van der Waals surface area contributed by atoms with Crippen molar-refractivity contribution in [1.82, 2.24) is 0 Å². The Hall–Kier alpha value is -2.16. The smallest absolute Gasteiger partial charge is 0.128 e. The molecule has 17 heavy (non-hydrogen) atoms. The molecule has 0 radical (unpaired) electrons. The summed E-state index contributed by atoms with van der Waals surface area (Å²) in [5, 5.41) is 9.55. The van der Waals surface area contributed by atoms with E-state index in [0.717, 1.165) is 0 Å². The zero-order chi connectivity index (χ0) is 12.3. The van der Waals surface area contributed by atoms with Gasteiger partial charge in [-0.2, -0.15) is 0 Å². The molecule has 2 rings (SSSR count). The number of para-hydroxylation sites is 1. The fraction of sp³-hybridized carbons (Fsp3) is 0.0714. The molecule has 0 spiro atoms. The Morgan fingerprint density at radius 2 is 1.88 bits per heavy atom. The third kappa shape index (κ3) is 2.50. The molecule has 0 aromatic heterocycles. The molecule has 0 fully saturated rings. The van der Waals surface area contributed by atoms with Crippen LogP contribution >= 0.6 is 0 Å². The van der Waals surface area contributed by atoms with Gasteiger partial charge in [-0.1, -0.05) is 18.2 Å². The highest BCUT2D eigenvalue weighted by Crippen LogP contribution is 2.21. The summed E-state index contributed by atoms with van der Waals surface area (Å²) in [6.07, 6.45) is 1.52. The van der Waals surface area contributed by atoms with Crippen LogP contribution in [-0.2, 0) is 0 Å². The van der Waals surface area contributed by atoms with Crippen LogP contribution < -0.4 is 0 Å². The SMILES string of the molecule is Cc1c(F)cccc1N=Cc1ccccc1O. The van der Waals surface area contributed by atoms with E-state index in [2.05, 4.69) is 4.99 Å². The summed E-state index contributed by atoms with van der Waals surface area (Å²) in [6, 6.07) is 11.6. The van der Waals surface area contributed by atoms with Crippen LogP contribution in [0, 0.1) is 12.7 Å². The van der Waals surface area contributed by atoms with Crippen molar-refractivity contribution in [3.8, 4) is 5.75 Å². The Morgan fingerprint density at radius 1 is 1.12 bits per heavy atom. The Kier molecular flexibility index (Phi) is 3.19. The van der Waals surface area contributed by atoms with Crippen LogP contribution in [0.15, 0.2) is 47.5 Å². The fourth-order valence-corrected chi connectivity index (χ4v) is 1.47. The number of rotatable bonds is 2. The van der Waals surface area contributed by atoms with Gasteiger partial charge in [0, 0.05) is 17.3 Å². The average molecular weight is 229 g/mol. The Bertz CT molecular complexity index is 564. The molecular weight excluding hydrogens is 217 g/mol. The second-order valence-corrected chi connectivity index (χ2v) is 3.70. The number of benzene rings is 2. The van der Waals surface area contributed by atoms with E-state index in [-0.39, 0.29) is 11.6 Å². The van der Waals surface area contributed by atoms with Crippen molar-refractivity contribution in [3.05, 3.63) is 59.4 Å². The molecule has 0 amide bonds. The summed E-state index contributed by atoms with van der Waals surface area (Å²) < 4.78 is 13.3. The van der Waals surface area contributed by atoms with Crippen LogP contribution in [-0.4, -0.2) is 11.3 Å². The minimum Gasteiger partial charge on any atom is -0.507 e. The summed E-state index contributed by atoms with van der Waals surface area (Å²) in [5.74, 6) is -0.123. The lowest BCUT2D eigenvalue weighted by Crippen LogP contribution is -1.84. The second-order valence-electron chi connectivity index (χ2n) is 3.70. The van der Waals surface area contributed by atoms with E-state index in [4.69, 9.17) is 0 Å². The van der Waals surface area contributed by atoms with Gasteiger partial charge in [0.05, 0.1) is 5.69 Å². The molecule has 0 atom stereocenters. The van der Waals surface area contributed by atoms with Crippen molar-refractivity contribution >= 4 is 11.9 Å². The number of halogens is 1. The number of aromatic hydroxyl groups is 1. The number of phenols is 1. The first-order chi connectivity index (χ1) is 8.18. The van der Waals surface area contributed by atoms with E-state index in [1.807, 2.05) is 0 Å². The molecular formula is C14H12FNO. The van der Waals surface area contributed by atoms with Crippen LogP contribution in [0.2, 0.25) is 0 Å². The van der Waals surface area contributed by atoms with Crippen LogP contribution in [0.25, 0.3) is 0 Å². The molecule has 2 nitrogen and oxygen atoms in total. The normalized spacial score (nSPS) is 10.9. The highest BCUT2D eigenvalue weighted by atomic mass is 19.1. The first kappa shape index (κ1) is 11.3. The van der Waals surface area contributed by atoms with Gasteiger partial charge in [-0.15, -0.1) is 0 Å². The number of phenolic OH excluding ortho intramolecular Hbond substituents is 1. The van der Waals surface area contributed by atoms with Gasteiger partial charge in [-0.3, -0.25) is 4.99 Å². The summed E-state index contributed by atoms with van der Waals surface area (Å²) in [7, 11) is 0. The average Bonchev–Trinajstić information content (AvgIpc) is 2.33. The number of hydrogen-bond donors (Lipinski definition) is 1. The minimum absolute atomic E-state index is 0.158. The Balaban J connectivity index is 2.33. The lowest BCUT2D eigenvalue weighted by Gasteiger charge is -2.01. The molecule has 0 saturated heterocycles. The van der Waals surface area contributed by atoms with Crippen molar-refractivity contribution in [2.75, 3.05) is 0 Å². The maximum atomic E-state index is 13.3. The Morgan fingerprint density at radius 3 is 2.65 bits per heavy atom. The fourth-order valence-electron chi connectivity index (χ4n) is 1.47. The maximum absolute atomic E-state index is 13.3. The van der Waals surface area contributed by atoms with Crippen molar-refractivity contribution in [2.45, 2.75) is 6.92 Å². The highest BCUT2D eigenvalue weighted by Gasteiger charge is 2.01. The van der Waals surface area contributed by atoms with Crippen LogP contribution in [0.3, 0.4) is 0 Å². The quantitative estimate of drug-likeness (QED) is 0.784. The standard InChI is InChI=1S/C14H12FNO/c1-10-12(15)6-4-7-13(10)16-9-11-5-2-3-8-14(11)17/h2-9,17H,1H3. The molecule has 3 heteroatoms. The third-order valence-electron chi connectivity index (χ3n) is 2.52. The van der Waals surface area contributed by atoms with Crippen LogP contribution in [0.4, 0.5) is 10.1 Å². The Labute approximate surface area is 99.1 Å². The molecule has 86 valence electrons. The zero-order valence-corrected chi connectivity index (χ0v) is 9.39. The molecule has 0 saturated carbocycles. The van der Waals surface area contributed by atoms with E-state index >= 15 is 0 Å². The van der Waals surface area contributed by atoms with Crippen molar-refractivity contribution in [2.24, 2.45) is 4.99 Å². The van der Waals surface area contributed by atoms with Gasteiger partial charge >= 0.3 is 0 Å². The largest absolute Gasteiger partial charge is 0.507 e. The van der Waals surface area contributed by atoms with Gasteiger partial charge in [-0.25, -0.2) is 4.39 Å². The topological polar surface area (TPSA) is 32.6 Å². The van der Waals surface area contributed by atoms with Gasteiger partial charge in [0.2, 0.25) is 0 Å². The molecule has 2 aromatic carbocycles. The van der Waals surface area contributed by atoms with Crippen molar-refractivity contribution < 1.29 is 9.50 Å². The summed E-state index contributed by atoms with van der Waals surface area (Å²) in [4.78, 5) is 4.17. The maximum Gasteiger partial charge on any atom is 0.128 e.